The Balaban J connectivity index is 1.52. The predicted octanol–water partition coefficient (Wildman–Crippen LogP) is -1.31. The summed E-state index contributed by atoms with van der Waals surface area (Å²) in [5, 5.41) is 24.0. The van der Waals surface area contributed by atoms with Crippen molar-refractivity contribution >= 4 is 42.0 Å². The molecule has 7 amide bonds. The third-order valence-electron chi connectivity index (χ3n) is 7.16. The number of hydrazone groups is 1. The van der Waals surface area contributed by atoms with Gasteiger partial charge in [-0.1, -0.05) is 0 Å². The van der Waals surface area contributed by atoms with Gasteiger partial charge in [0.05, 0.1) is 12.5 Å². The number of carboxylic acids is 1. The first kappa shape index (κ1) is 29.6. The summed E-state index contributed by atoms with van der Waals surface area (Å²) in [4.78, 5) is 73.6. The Morgan fingerprint density at radius 3 is 2.49 bits per heavy atom. The third-order valence-corrected chi connectivity index (χ3v) is 7.16. The minimum absolute atomic E-state index is 0.00468. The van der Waals surface area contributed by atoms with Gasteiger partial charge in [-0.3, -0.25) is 24.2 Å². The van der Waals surface area contributed by atoms with Crippen molar-refractivity contribution in [3.63, 3.8) is 0 Å². The zero-order valence-electron chi connectivity index (χ0n) is 21.9. The Kier molecular flexibility index (Phi) is 10.4. The van der Waals surface area contributed by atoms with Gasteiger partial charge in [0, 0.05) is 45.2 Å². The molecule has 39 heavy (non-hydrogen) atoms. The number of amides is 7. The van der Waals surface area contributed by atoms with Gasteiger partial charge in [-0.2, -0.15) is 5.10 Å². The molecule has 0 radical (unpaired) electrons. The van der Waals surface area contributed by atoms with E-state index in [-0.39, 0.29) is 49.6 Å². The average Bonchev–Trinajstić information content (AvgIpc) is 3.03. The van der Waals surface area contributed by atoms with Gasteiger partial charge < -0.3 is 21.1 Å². The fraction of sp³-hybridized carbons (Fsp3) is 0.696. The highest BCUT2D eigenvalue weighted by molar-refractivity contribution is 5.92. The van der Waals surface area contributed by atoms with Crippen LogP contribution in [-0.4, -0.2) is 101 Å². The molecule has 3 fully saturated rings. The number of nitrogens with zero attached hydrogens (tertiary/aromatic N) is 4. The van der Waals surface area contributed by atoms with Crippen LogP contribution < -0.4 is 27.2 Å². The number of hydrogen-bond acceptors (Lipinski definition) is 8. The Morgan fingerprint density at radius 1 is 1.10 bits per heavy atom. The van der Waals surface area contributed by atoms with Gasteiger partial charge in [-0.25, -0.2) is 30.9 Å². The first-order chi connectivity index (χ1) is 18.6. The maximum absolute atomic E-state index is 13.1. The van der Waals surface area contributed by atoms with Crippen LogP contribution in [0.25, 0.3) is 0 Å². The molecule has 0 aromatic carbocycles. The van der Waals surface area contributed by atoms with Gasteiger partial charge in [0.15, 0.2) is 0 Å². The monoisotopic (exact) mass is 551 g/mol. The molecule has 3 aliphatic rings. The molecule has 7 N–H and O–H groups in total. The van der Waals surface area contributed by atoms with Gasteiger partial charge in [0.25, 0.3) is 0 Å². The fourth-order valence-electron chi connectivity index (χ4n) is 5.03. The first-order valence-corrected chi connectivity index (χ1v) is 13.1. The second kappa shape index (κ2) is 13.7. The second-order valence-corrected chi connectivity index (χ2v) is 9.89. The summed E-state index contributed by atoms with van der Waals surface area (Å²) in [6, 6.07) is -3.47. The molecule has 0 unspecified atom stereocenters. The maximum atomic E-state index is 13.1. The molecular weight excluding hydrogens is 514 g/mol. The van der Waals surface area contributed by atoms with E-state index in [1.54, 1.807) is 7.05 Å². The topological polar surface area (TPSA) is 219 Å². The summed E-state index contributed by atoms with van der Waals surface area (Å²) in [7, 11) is 1.61. The molecule has 0 bridgehead atoms. The first-order valence-electron chi connectivity index (χ1n) is 13.1. The van der Waals surface area contributed by atoms with Crippen molar-refractivity contribution in [2.75, 3.05) is 26.7 Å². The van der Waals surface area contributed by atoms with Crippen LogP contribution in [0.2, 0.25) is 0 Å². The summed E-state index contributed by atoms with van der Waals surface area (Å²) in [6.07, 6.45) is 4.41. The molecule has 0 aromatic rings. The highest BCUT2D eigenvalue weighted by Gasteiger charge is 2.43. The number of urea groups is 2. The third kappa shape index (κ3) is 8.02. The number of hydrazine groups is 2. The Hall–Kier alpha value is -3.95. The molecule has 0 aromatic heterocycles. The van der Waals surface area contributed by atoms with Crippen LogP contribution in [0, 0.1) is 11.8 Å². The number of hydrogen-bond donors (Lipinski definition) is 6. The molecule has 3 rings (SSSR count). The van der Waals surface area contributed by atoms with Crippen LogP contribution in [0.4, 0.5) is 9.59 Å². The van der Waals surface area contributed by atoms with E-state index in [4.69, 9.17) is 5.84 Å². The quantitative estimate of drug-likeness (QED) is 0.0872. The number of carbonyl (C=O) groups is 6. The maximum Gasteiger partial charge on any atom is 0.353 e. The molecule has 16 heteroatoms. The lowest BCUT2D eigenvalue weighted by molar-refractivity contribution is -0.155. The number of nitrogens with two attached hydrogens (primary N) is 1. The number of carboxylic acid groups (broad SMARTS) is 1. The van der Waals surface area contributed by atoms with Crippen molar-refractivity contribution in [2.45, 2.75) is 63.5 Å². The minimum Gasteiger partial charge on any atom is -0.481 e. The summed E-state index contributed by atoms with van der Waals surface area (Å²) < 4.78 is 0. The minimum atomic E-state index is -1.22. The van der Waals surface area contributed by atoms with Crippen molar-refractivity contribution in [3.8, 4) is 0 Å². The van der Waals surface area contributed by atoms with Gasteiger partial charge in [-0.05, 0) is 44.4 Å². The summed E-state index contributed by atoms with van der Waals surface area (Å²) in [6.45, 7) is 0.672. The number of nitrogens with one attached hydrogen (secondary N) is 4. The van der Waals surface area contributed by atoms with E-state index >= 15 is 0 Å². The lowest BCUT2D eigenvalue weighted by Gasteiger charge is -2.42. The van der Waals surface area contributed by atoms with Crippen LogP contribution in [0.5, 0.6) is 0 Å². The van der Waals surface area contributed by atoms with E-state index < -0.39 is 42.4 Å². The van der Waals surface area contributed by atoms with E-state index in [0.717, 1.165) is 41.9 Å². The van der Waals surface area contributed by atoms with E-state index in [9.17, 15) is 33.9 Å². The molecule has 2 heterocycles. The van der Waals surface area contributed by atoms with E-state index in [0.29, 0.717) is 13.0 Å². The number of rotatable bonds is 9. The molecule has 16 nitrogen and oxygen atoms in total. The normalized spacial score (nSPS) is 24.5. The highest BCUT2D eigenvalue weighted by Crippen LogP contribution is 2.28. The van der Waals surface area contributed by atoms with Gasteiger partial charge in [0.2, 0.25) is 17.7 Å². The largest absolute Gasteiger partial charge is 0.481 e. The summed E-state index contributed by atoms with van der Waals surface area (Å²) >= 11 is 0. The van der Waals surface area contributed by atoms with Gasteiger partial charge in [-0.15, -0.1) is 0 Å². The van der Waals surface area contributed by atoms with Gasteiger partial charge in [0.1, 0.15) is 6.04 Å². The molecular formula is C23H37N9O7. The molecule has 0 spiro atoms. The smallest absolute Gasteiger partial charge is 0.353 e. The molecule has 216 valence electrons. The zero-order chi connectivity index (χ0) is 28.5. The average molecular weight is 552 g/mol. The Morgan fingerprint density at radius 2 is 1.82 bits per heavy atom. The Bertz CT molecular complexity index is 983. The standard InChI is InChI=1S/C23H37N9O7/c1-25-20(36)15-6-4-14(5-7-15)12-26-22(38)29-27-13-16(11-19(34)35)28-21(37)17-3-2-9-31-18(33)8-10-30(24)23(39)32(17)31/h13-17H,2-12,24H2,1H3,(H,25,36)(H,28,37)(H,34,35)(H2,26,29,38)/b27-13+/t14?,15?,16-,17-/m0/s1. The molecule has 2 aliphatic heterocycles. The van der Waals surface area contributed by atoms with Crippen LogP contribution in [0.1, 0.15) is 51.4 Å². The number of fused-ring (bicyclic) bond motifs is 1. The van der Waals surface area contributed by atoms with E-state index in [2.05, 4.69) is 26.5 Å². The van der Waals surface area contributed by atoms with Crippen LogP contribution in [0.3, 0.4) is 0 Å². The van der Waals surface area contributed by atoms with Crippen LogP contribution in [-0.2, 0) is 19.2 Å². The van der Waals surface area contributed by atoms with Crippen molar-refractivity contribution in [3.05, 3.63) is 0 Å². The molecule has 2 atom stereocenters. The summed E-state index contributed by atoms with van der Waals surface area (Å²) in [5.74, 6) is 3.76. The lowest BCUT2D eigenvalue weighted by atomic mass is 9.81. The van der Waals surface area contributed by atoms with Crippen molar-refractivity contribution in [1.29, 1.82) is 0 Å². The van der Waals surface area contributed by atoms with E-state index in [1.165, 1.54) is 5.01 Å². The van der Waals surface area contributed by atoms with Gasteiger partial charge >= 0.3 is 18.0 Å². The number of aliphatic carboxylic acids is 1. The fourth-order valence-corrected chi connectivity index (χ4v) is 5.03. The molecule has 1 aliphatic carbocycles. The highest BCUT2D eigenvalue weighted by atomic mass is 16.4. The lowest BCUT2D eigenvalue weighted by Crippen LogP contribution is -2.64. The van der Waals surface area contributed by atoms with E-state index in [1.807, 2.05) is 0 Å². The van der Waals surface area contributed by atoms with Crippen LogP contribution in [0.15, 0.2) is 5.10 Å². The summed E-state index contributed by atoms with van der Waals surface area (Å²) in [5.41, 5.74) is 2.26. The molecule has 1 saturated carbocycles. The number of carbonyl (C=O) groups excluding carboxylic acids is 5. The predicted molar refractivity (Wildman–Crippen MR) is 136 cm³/mol. The van der Waals surface area contributed by atoms with Crippen LogP contribution >= 0.6 is 0 Å². The molecule has 2 saturated heterocycles. The van der Waals surface area contributed by atoms with Crippen molar-refractivity contribution in [1.82, 2.24) is 36.4 Å². The Labute approximate surface area is 225 Å². The SMILES string of the molecule is CNC(=O)C1CCC(CNC(=O)N/N=C/[C@H](CC(=O)O)NC(=O)[C@@H]2CCCN3C(=O)CCN(N)C(=O)N23)CC1. The van der Waals surface area contributed by atoms with Crippen molar-refractivity contribution < 1.29 is 33.9 Å². The second-order valence-electron chi connectivity index (χ2n) is 9.89. The van der Waals surface area contributed by atoms with Crippen molar-refractivity contribution in [2.24, 2.45) is 22.8 Å². The zero-order valence-corrected chi connectivity index (χ0v) is 21.9.